The maximum Gasteiger partial charge on any atom is 0.245 e. The summed E-state index contributed by atoms with van der Waals surface area (Å²) in [5.74, 6) is 1.73. The Hall–Kier alpha value is -1.84. The van der Waals surface area contributed by atoms with Crippen molar-refractivity contribution in [1.29, 1.82) is 0 Å². The molecule has 0 bridgehead atoms. The molecule has 4 heteroatoms. The number of pyridine rings is 1. The van der Waals surface area contributed by atoms with E-state index < -0.39 is 0 Å². The van der Waals surface area contributed by atoms with Crippen LogP contribution in [-0.2, 0) is 0 Å². The van der Waals surface area contributed by atoms with Gasteiger partial charge in [0.1, 0.15) is 17.3 Å². The molecule has 0 aliphatic rings. The summed E-state index contributed by atoms with van der Waals surface area (Å²) in [7, 11) is 0. The number of aryl methyl sites for hydroxylation is 1. The quantitative estimate of drug-likeness (QED) is 0.715. The van der Waals surface area contributed by atoms with E-state index in [1.165, 1.54) is 0 Å². The van der Waals surface area contributed by atoms with Gasteiger partial charge in [-0.2, -0.15) is 0 Å². The second kappa shape index (κ2) is 2.90. The molecule has 4 nitrogen and oxygen atoms in total. The molecular formula is C9H9N3O. The average Bonchev–Trinajstić information content (AvgIpc) is 2.52. The first-order chi connectivity index (χ1) is 6.25. The Morgan fingerprint density at radius 2 is 2.23 bits per heavy atom. The van der Waals surface area contributed by atoms with Crippen LogP contribution in [0.1, 0.15) is 5.76 Å². The number of rotatable bonds is 1. The van der Waals surface area contributed by atoms with Crippen LogP contribution in [-0.4, -0.2) is 9.97 Å². The van der Waals surface area contributed by atoms with Crippen LogP contribution in [0, 0.1) is 6.92 Å². The zero-order chi connectivity index (χ0) is 9.26. The number of oxazole rings is 1. The summed E-state index contributed by atoms with van der Waals surface area (Å²) in [5.41, 5.74) is 6.18. The first-order valence-electron chi connectivity index (χ1n) is 3.91. The van der Waals surface area contributed by atoms with Crippen molar-refractivity contribution >= 4 is 5.82 Å². The molecule has 0 amide bonds. The minimum atomic E-state index is 0.466. The van der Waals surface area contributed by atoms with E-state index in [9.17, 15) is 0 Å². The van der Waals surface area contributed by atoms with Crippen LogP contribution >= 0.6 is 0 Å². The van der Waals surface area contributed by atoms with Gasteiger partial charge in [0.2, 0.25) is 5.89 Å². The Morgan fingerprint density at radius 3 is 2.85 bits per heavy atom. The molecule has 2 heterocycles. The zero-order valence-corrected chi connectivity index (χ0v) is 7.19. The van der Waals surface area contributed by atoms with Crippen molar-refractivity contribution in [2.75, 3.05) is 5.73 Å². The highest BCUT2D eigenvalue weighted by atomic mass is 16.4. The van der Waals surface area contributed by atoms with Gasteiger partial charge in [-0.1, -0.05) is 6.07 Å². The molecule has 0 aromatic carbocycles. The smallest absolute Gasteiger partial charge is 0.245 e. The molecule has 0 atom stereocenters. The lowest BCUT2D eigenvalue weighted by Crippen LogP contribution is -1.90. The van der Waals surface area contributed by atoms with E-state index in [-0.39, 0.29) is 0 Å². The van der Waals surface area contributed by atoms with Crippen molar-refractivity contribution < 1.29 is 4.42 Å². The highest BCUT2D eigenvalue weighted by molar-refractivity contribution is 5.50. The summed E-state index contributed by atoms with van der Waals surface area (Å²) in [6, 6.07) is 5.35. The zero-order valence-electron chi connectivity index (χ0n) is 7.19. The van der Waals surface area contributed by atoms with Crippen LogP contribution in [0.2, 0.25) is 0 Å². The van der Waals surface area contributed by atoms with Gasteiger partial charge in [0.15, 0.2) is 0 Å². The highest BCUT2D eigenvalue weighted by Gasteiger charge is 2.04. The molecule has 0 saturated heterocycles. The molecule has 0 aliphatic heterocycles. The van der Waals surface area contributed by atoms with Gasteiger partial charge in [-0.15, -0.1) is 0 Å². The van der Waals surface area contributed by atoms with Crippen molar-refractivity contribution in [3.05, 3.63) is 30.2 Å². The van der Waals surface area contributed by atoms with Gasteiger partial charge in [-0.3, -0.25) is 0 Å². The van der Waals surface area contributed by atoms with Gasteiger partial charge in [0.05, 0.1) is 6.20 Å². The largest absolute Gasteiger partial charge is 0.440 e. The summed E-state index contributed by atoms with van der Waals surface area (Å²) in [6.45, 7) is 1.84. The van der Waals surface area contributed by atoms with Crippen molar-refractivity contribution in [2.24, 2.45) is 0 Å². The van der Waals surface area contributed by atoms with E-state index in [0.29, 0.717) is 17.4 Å². The monoisotopic (exact) mass is 175 g/mol. The third kappa shape index (κ3) is 1.51. The molecule has 0 saturated carbocycles. The molecule has 2 aromatic rings. The predicted octanol–water partition coefficient (Wildman–Crippen LogP) is 1.63. The molecule has 66 valence electrons. The first-order valence-corrected chi connectivity index (χ1v) is 3.91. The standard InChI is InChI=1S/C9H9N3O/c1-6-5-11-9(13-6)7-3-2-4-8(10)12-7/h2-5H,1H3,(H2,10,12). The lowest BCUT2D eigenvalue weighted by atomic mass is 10.3. The van der Waals surface area contributed by atoms with Crippen LogP contribution in [0.4, 0.5) is 5.82 Å². The van der Waals surface area contributed by atoms with E-state index in [0.717, 1.165) is 5.76 Å². The number of nitrogen functional groups attached to an aromatic ring is 1. The van der Waals surface area contributed by atoms with Crippen molar-refractivity contribution in [2.45, 2.75) is 6.92 Å². The maximum absolute atomic E-state index is 5.52. The van der Waals surface area contributed by atoms with Crippen LogP contribution in [0.5, 0.6) is 0 Å². The highest BCUT2D eigenvalue weighted by Crippen LogP contribution is 2.16. The van der Waals surface area contributed by atoms with Crippen LogP contribution in [0.3, 0.4) is 0 Å². The number of aromatic nitrogens is 2. The Bertz CT molecular complexity index is 422. The van der Waals surface area contributed by atoms with Gasteiger partial charge in [-0.05, 0) is 19.1 Å². The van der Waals surface area contributed by atoms with E-state index in [2.05, 4.69) is 9.97 Å². The molecule has 2 aromatic heterocycles. The molecule has 13 heavy (non-hydrogen) atoms. The lowest BCUT2D eigenvalue weighted by Gasteiger charge is -1.95. The molecule has 2 N–H and O–H groups in total. The Kier molecular flexibility index (Phi) is 1.73. The lowest BCUT2D eigenvalue weighted by molar-refractivity contribution is 0.540. The molecule has 0 unspecified atom stereocenters. The SMILES string of the molecule is Cc1cnc(-c2cccc(N)n2)o1. The van der Waals surface area contributed by atoms with E-state index >= 15 is 0 Å². The van der Waals surface area contributed by atoms with Gasteiger partial charge >= 0.3 is 0 Å². The van der Waals surface area contributed by atoms with Crippen molar-refractivity contribution in [3.63, 3.8) is 0 Å². The fourth-order valence-electron chi connectivity index (χ4n) is 1.04. The number of anilines is 1. The minimum absolute atomic E-state index is 0.466. The van der Waals surface area contributed by atoms with Gasteiger partial charge in [0, 0.05) is 0 Å². The second-order valence-electron chi connectivity index (χ2n) is 2.72. The fraction of sp³-hybridized carbons (Fsp3) is 0.111. The van der Waals surface area contributed by atoms with E-state index in [1.807, 2.05) is 19.1 Å². The first kappa shape index (κ1) is 7.79. The maximum atomic E-state index is 5.52. The van der Waals surface area contributed by atoms with Crippen LogP contribution in [0.15, 0.2) is 28.8 Å². The van der Waals surface area contributed by atoms with Gasteiger partial charge in [-0.25, -0.2) is 9.97 Å². The molecule has 0 aliphatic carbocycles. The summed E-state index contributed by atoms with van der Waals surface area (Å²) < 4.78 is 5.30. The topological polar surface area (TPSA) is 64.9 Å². The fourth-order valence-corrected chi connectivity index (χ4v) is 1.04. The number of nitrogens with two attached hydrogens (primary N) is 1. The van der Waals surface area contributed by atoms with Crippen LogP contribution < -0.4 is 5.73 Å². The molecule has 2 rings (SSSR count). The van der Waals surface area contributed by atoms with Crippen molar-refractivity contribution in [3.8, 4) is 11.6 Å². The van der Waals surface area contributed by atoms with Crippen LogP contribution in [0.25, 0.3) is 11.6 Å². The third-order valence-corrected chi connectivity index (χ3v) is 1.61. The summed E-state index contributed by atoms with van der Waals surface area (Å²) in [6.07, 6.45) is 1.65. The molecular weight excluding hydrogens is 166 g/mol. The Balaban J connectivity index is 2.46. The average molecular weight is 175 g/mol. The summed E-state index contributed by atoms with van der Waals surface area (Å²) in [4.78, 5) is 8.12. The van der Waals surface area contributed by atoms with E-state index in [4.69, 9.17) is 10.2 Å². The molecule has 0 radical (unpaired) electrons. The van der Waals surface area contributed by atoms with Crippen molar-refractivity contribution in [1.82, 2.24) is 9.97 Å². The van der Waals surface area contributed by atoms with Gasteiger partial charge < -0.3 is 10.2 Å². The Labute approximate surface area is 75.4 Å². The Morgan fingerprint density at radius 1 is 1.38 bits per heavy atom. The second-order valence-corrected chi connectivity index (χ2v) is 2.72. The van der Waals surface area contributed by atoms with Gasteiger partial charge in [0.25, 0.3) is 0 Å². The normalized spacial score (nSPS) is 10.2. The summed E-state index contributed by atoms with van der Waals surface area (Å²) >= 11 is 0. The third-order valence-electron chi connectivity index (χ3n) is 1.61. The van der Waals surface area contributed by atoms with E-state index in [1.54, 1.807) is 12.3 Å². The minimum Gasteiger partial charge on any atom is -0.440 e. The molecule has 0 spiro atoms. The number of hydrogen-bond acceptors (Lipinski definition) is 4. The number of hydrogen-bond donors (Lipinski definition) is 1. The molecule has 0 fully saturated rings. The summed E-state index contributed by atoms with van der Waals surface area (Å²) in [5, 5.41) is 0. The number of nitrogens with zero attached hydrogens (tertiary/aromatic N) is 2. The predicted molar refractivity (Wildman–Crippen MR) is 48.9 cm³/mol.